The average molecular weight is 193 g/mol. The Balaban J connectivity index is 3.45. The van der Waals surface area contributed by atoms with Crippen LogP contribution in [0, 0.1) is 21.4 Å². The molecule has 0 aromatic heterocycles. The summed E-state index contributed by atoms with van der Waals surface area (Å²) in [5, 5.41) is 19.2. The van der Waals surface area contributed by atoms with Crippen LogP contribution < -0.4 is 10.5 Å². The van der Waals surface area contributed by atoms with E-state index in [1.165, 1.54) is 13.2 Å². The molecule has 0 aliphatic rings. The fourth-order valence-electron chi connectivity index (χ4n) is 1.01. The number of nitro groups is 1. The van der Waals surface area contributed by atoms with Crippen molar-refractivity contribution in [2.24, 2.45) is 0 Å². The first-order valence-electron chi connectivity index (χ1n) is 3.62. The van der Waals surface area contributed by atoms with Crippen molar-refractivity contribution in [1.82, 2.24) is 0 Å². The van der Waals surface area contributed by atoms with Crippen molar-refractivity contribution < 1.29 is 9.66 Å². The summed E-state index contributed by atoms with van der Waals surface area (Å²) in [6.07, 6.45) is 0. The zero-order chi connectivity index (χ0) is 10.7. The molecule has 0 bridgehead atoms. The highest BCUT2D eigenvalue weighted by molar-refractivity contribution is 5.67. The van der Waals surface area contributed by atoms with Crippen molar-refractivity contribution in [3.8, 4) is 11.8 Å². The molecule has 0 atom stereocenters. The van der Waals surface area contributed by atoms with Gasteiger partial charge in [0.2, 0.25) is 0 Å². The smallest absolute Gasteiger partial charge is 0.292 e. The Morgan fingerprint density at radius 3 is 2.71 bits per heavy atom. The molecule has 0 saturated carbocycles. The maximum atomic E-state index is 10.5. The Morgan fingerprint density at radius 2 is 2.29 bits per heavy atom. The van der Waals surface area contributed by atoms with Crippen molar-refractivity contribution in [2.75, 3.05) is 12.8 Å². The van der Waals surface area contributed by atoms with Crippen LogP contribution in [-0.4, -0.2) is 12.0 Å². The Labute approximate surface area is 79.7 Å². The number of nitro benzene ring substituents is 1. The van der Waals surface area contributed by atoms with Gasteiger partial charge >= 0.3 is 0 Å². The van der Waals surface area contributed by atoms with Crippen LogP contribution in [0.2, 0.25) is 0 Å². The van der Waals surface area contributed by atoms with Gasteiger partial charge in [0.25, 0.3) is 5.69 Å². The third-order valence-corrected chi connectivity index (χ3v) is 1.67. The molecule has 0 radical (unpaired) electrons. The van der Waals surface area contributed by atoms with Gasteiger partial charge in [-0.1, -0.05) is 0 Å². The number of rotatable bonds is 2. The van der Waals surface area contributed by atoms with Crippen LogP contribution in [-0.2, 0) is 0 Å². The summed E-state index contributed by atoms with van der Waals surface area (Å²) in [5.41, 5.74) is 4.99. The Kier molecular flexibility index (Phi) is 2.53. The molecule has 0 unspecified atom stereocenters. The van der Waals surface area contributed by atoms with Crippen molar-refractivity contribution in [1.29, 1.82) is 5.26 Å². The van der Waals surface area contributed by atoms with E-state index in [4.69, 9.17) is 15.7 Å². The van der Waals surface area contributed by atoms with Crippen LogP contribution in [0.3, 0.4) is 0 Å². The van der Waals surface area contributed by atoms with Crippen LogP contribution in [0.4, 0.5) is 11.4 Å². The number of anilines is 1. The van der Waals surface area contributed by atoms with E-state index in [0.717, 1.165) is 6.07 Å². The molecule has 0 heterocycles. The van der Waals surface area contributed by atoms with Crippen molar-refractivity contribution in [2.45, 2.75) is 0 Å². The number of nitrogen functional groups attached to an aromatic ring is 1. The van der Waals surface area contributed by atoms with E-state index in [0.29, 0.717) is 0 Å². The summed E-state index contributed by atoms with van der Waals surface area (Å²) < 4.78 is 4.79. The van der Waals surface area contributed by atoms with E-state index in [1.807, 2.05) is 0 Å². The van der Waals surface area contributed by atoms with E-state index in [9.17, 15) is 10.1 Å². The molecule has 2 N–H and O–H groups in total. The van der Waals surface area contributed by atoms with Crippen LogP contribution in [0.25, 0.3) is 0 Å². The maximum Gasteiger partial charge on any atom is 0.292 e. The van der Waals surface area contributed by atoms with Gasteiger partial charge in [0.15, 0.2) is 5.56 Å². The predicted molar refractivity (Wildman–Crippen MR) is 48.8 cm³/mol. The van der Waals surface area contributed by atoms with Gasteiger partial charge in [-0.15, -0.1) is 0 Å². The van der Waals surface area contributed by atoms with Gasteiger partial charge in [-0.2, -0.15) is 5.26 Å². The highest BCUT2D eigenvalue weighted by Crippen LogP contribution is 2.29. The first-order valence-corrected chi connectivity index (χ1v) is 3.62. The average Bonchev–Trinajstić information content (AvgIpc) is 2.16. The van der Waals surface area contributed by atoms with Crippen molar-refractivity contribution in [3.63, 3.8) is 0 Å². The maximum absolute atomic E-state index is 10.5. The van der Waals surface area contributed by atoms with Gasteiger partial charge in [0.1, 0.15) is 11.8 Å². The number of benzene rings is 1. The lowest BCUT2D eigenvalue weighted by Crippen LogP contribution is -1.98. The quantitative estimate of drug-likeness (QED) is 0.429. The molecule has 0 aliphatic heterocycles. The molecule has 0 fully saturated rings. The topological polar surface area (TPSA) is 102 Å². The SMILES string of the molecule is COc1cc(N)c(C#N)c([N+](=O)[O-])c1. The summed E-state index contributed by atoms with van der Waals surface area (Å²) in [6, 6.07) is 4.20. The molecular weight excluding hydrogens is 186 g/mol. The number of nitrogens with zero attached hydrogens (tertiary/aromatic N) is 2. The molecule has 0 saturated heterocycles. The lowest BCUT2D eigenvalue weighted by molar-refractivity contribution is -0.385. The van der Waals surface area contributed by atoms with E-state index in [1.54, 1.807) is 6.07 Å². The van der Waals surface area contributed by atoms with Gasteiger partial charge in [-0.25, -0.2) is 0 Å². The third kappa shape index (κ3) is 1.56. The Hall–Kier alpha value is -2.29. The van der Waals surface area contributed by atoms with Crippen LogP contribution >= 0.6 is 0 Å². The molecule has 1 rings (SSSR count). The first kappa shape index (κ1) is 9.80. The first-order chi connectivity index (χ1) is 6.60. The lowest BCUT2D eigenvalue weighted by atomic mass is 10.1. The highest BCUT2D eigenvalue weighted by atomic mass is 16.6. The molecule has 0 aliphatic carbocycles. The van der Waals surface area contributed by atoms with E-state index in [-0.39, 0.29) is 22.7 Å². The van der Waals surface area contributed by atoms with Crippen molar-refractivity contribution >= 4 is 11.4 Å². The Morgan fingerprint density at radius 1 is 1.64 bits per heavy atom. The molecule has 6 heteroatoms. The minimum Gasteiger partial charge on any atom is -0.496 e. The third-order valence-electron chi connectivity index (χ3n) is 1.67. The standard InChI is InChI=1S/C8H7N3O3/c1-14-5-2-7(10)6(4-9)8(3-5)11(12)13/h2-3H,10H2,1H3. The van der Waals surface area contributed by atoms with Gasteiger partial charge < -0.3 is 10.5 Å². The second kappa shape index (κ2) is 3.62. The molecule has 6 nitrogen and oxygen atoms in total. The summed E-state index contributed by atoms with van der Waals surface area (Å²) >= 11 is 0. The van der Waals surface area contributed by atoms with Gasteiger partial charge in [-0.05, 0) is 0 Å². The van der Waals surface area contributed by atoms with Crippen LogP contribution in [0.5, 0.6) is 5.75 Å². The second-order valence-electron chi connectivity index (χ2n) is 2.48. The minimum atomic E-state index is -0.669. The highest BCUT2D eigenvalue weighted by Gasteiger charge is 2.18. The van der Waals surface area contributed by atoms with Gasteiger partial charge in [-0.3, -0.25) is 10.1 Å². The fourth-order valence-corrected chi connectivity index (χ4v) is 1.01. The van der Waals surface area contributed by atoms with E-state index < -0.39 is 4.92 Å². The molecule has 1 aromatic carbocycles. The molecule has 14 heavy (non-hydrogen) atoms. The number of nitrogens with two attached hydrogens (primary N) is 1. The summed E-state index contributed by atoms with van der Waals surface area (Å²) in [5.74, 6) is 0.258. The molecule has 72 valence electrons. The number of hydrogen-bond donors (Lipinski definition) is 1. The molecule has 1 aromatic rings. The second-order valence-corrected chi connectivity index (χ2v) is 2.48. The lowest BCUT2D eigenvalue weighted by Gasteiger charge is -2.03. The van der Waals surface area contributed by atoms with Crippen LogP contribution in [0.1, 0.15) is 5.56 Å². The molecular formula is C8H7N3O3. The summed E-state index contributed by atoms with van der Waals surface area (Å²) in [6.45, 7) is 0. The normalized spacial score (nSPS) is 9.14. The molecule has 0 amide bonds. The minimum absolute atomic E-state index is 0.0403. The van der Waals surface area contributed by atoms with Crippen molar-refractivity contribution in [3.05, 3.63) is 27.8 Å². The summed E-state index contributed by atoms with van der Waals surface area (Å²) in [7, 11) is 1.37. The van der Waals surface area contributed by atoms with Gasteiger partial charge in [0.05, 0.1) is 23.8 Å². The predicted octanol–water partition coefficient (Wildman–Crippen LogP) is 1.06. The number of nitriles is 1. The Bertz CT molecular complexity index is 423. The fraction of sp³-hybridized carbons (Fsp3) is 0.125. The number of methoxy groups -OCH3 is 1. The van der Waals surface area contributed by atoms with E-state index >= 15 is 0 Å². The number of ether oxygens (including phenoxy) is 1. The summed E-state index contributed by atoms with van der Waals surface area (Å²) in [4.78, 5) is 9.88. The van der Waals surface area contributed by atoms with E-state index in [2.05, 4.69) is 0 Å². The zero-order valence-electron chi connectivity index (χ0n) is 7.35. The van der Waals surface area contributed by atoms with Crippen LogP contribution in [0.15, 0.2) is 12.1 Å². The largest absolute Gasteiger partial charge is 0.496 e. The molecule has 0 spiro atoms. The van der Waals surface area contributed by atoms with Gasteiger partial charge in [0, 0.05) is 6.07 Å². The monoisotopic (exact) mass is 193 g/mol. The number of hydrogen-bond acceptors (Lipinski definition) is 5. The zero-order valence-corrected chi connectivity index (χ0v) is 7.35.